The smallest absolute Gasteiger partial charge is 0.274 e. The lowest BCUT2D eigenvalue weighted by Gasteiger charge is -2.32. The first-order valence-electron chi connectivity index (χ1n) is 8.80. The summed E-state index contributed by atoms with van der Waals surface area (Å²) in [4.78, 5) is 44.7. The Labute approximate surface area is 158 Å². The molecule has 2 heterocycles. The molecule has 1 aromatic carbocycles. The van der Waals surface area contributed by atoms with E-state index in [0.717, 1.165) is 13.1 Å². The average Bonchev–Trinajstić information content (AvgIpc) is 2.68. The number of benzene rings is 1. The van der Waals surface area contributed by atoms with Crippen molar-refractivity contribution in [3.63, 3.8) is 0 Å². The number of nitrogens with one attached hydrogen (secondary N) is 1. The van der Waals surface area contributed by atoms with Crippen LogP contribution in [-0.2, 0) is 0 Å². The first-order chi connectivity index (χ1) is 12.9. The monoisotopic (exact) mass is 366 g/mol. The number of aromatic nitrogens is 1. The van der Waals surface area contributed by atoms with Gasteiger partial charge in [0.25, 0.3) is 11.8 Å². The third-order valence-electron chi connectivity index (χ3n) is 4.56. The molecule has 3 rings (SSSR count). The molecule has 27 heavy (non-hydrogen) atoms. The zero-order chi connectivity index (χ0) is 19.4. The van der Waals surface area contributed by atoms with Crippen molar-refractivity contribution >= 4 is 23.3 Å². The van der Waals surface area contributed by atoms with Gasteiger partial charge < -0.3 is 15.1 Å². The summed E-state index contributed by atoms with van der Waals surface area (Å²) >= 11 is 0. The lowest BCUT2D eigenvalue weighted by atomic mass is 10.1. The van der Waals surface area contributed by atoms with E-state index in [0.29, 0.717) is 29.9 Å². The summed E-state index contributed by atoms with van der Waals surface area (Å²) in [6, 6.07) is 9.82. The minimum Gasteiger partial charge on any atom is -0.336 e. The van der Waals surface area contributed by atoms with Gasteiger partial charge in [0.2, 0.25) is 0 Å². The lowest BCUT2D eigenvalue weighted by Crippen LogP contribution is -2.47. The van der Waals surface area contributed by atoms with Crippen molar-refractivity contribution in [2.75, 3.05) is 38.5 Å². The van der Waals surface area contributed by atoms with Gasteiger partial charge in [-0.25, -0.2) is 0 Å². The Hall–Kier alpha value is -3.06. The molecule has 1 saturated heterocycles. The SMILES string of the molecule is CC(=O)c1cccc(NC(=O)c2cc(C(=O)N3CCN(C)CC3)ccn2)c1. The van der Waals surface area contributed by atoms with Crippen LogP contribution in [0.3, 0.4) is 0 Å². The van der Waals surface area contributed by atoms with Crippen molar-refractivity contribution < 1.29 is 14.4 Å². The van der Waals surface area contributed by atoms with Crippen LogP contribution in [0.25, 0.3) is 0 Å². The number of amides is 2. The van der Waals surface area contributed by atoms with Crippen molar-refractivity contribution in [1.29, 1.82) is 0 Å². The zero-order valence-electron chi connectivity index (χ0n) is 15.4. The van der Waals surface area contributed by atoms with Crippen LogP contribution in [0.15, 0.2) is 42.6 Å². The molecule has 0 bridgehead atoms. The number of ketones is 1. The molecule has 0 atom stereocenters. The molecule has 0 radical (unpaired) electrons. The van der Waals surface area contributed by atoms with E-state index in [1.807, 2.05) is 7.05 Å². The first kappa shape index (κ1) is 18.7. The highest BCUT2D eigenvalue weighted by atomic mass is 16.2. The van der Waals surface area contributed by atoms with Crippen LogP contribution in [-0.4, -0.2) is 65.6 Å². The number of rotatable bonds is 4. The van der Waals surface area contributed by atoms with Gasteiger partial charge in [-0.15, -0.1) is 0 Å². The Morgan fingerprint density at radius 2 is 1.74 bits per heavy atom. The van der Waals surface area contributed by atoms with E-state index in [1.165, 1.54) is 19.2 Å². The Balaban J connectivity index is 1.73. The summed E-state index contributed by atoms with van der Waals surface area (Å²) < 4.78 is 0. The molecule has 1 aliphatic heterocycles. The standard InChI is InChI=1S/C20H22N4O3/c1-14(25)15-4-3-5-17(12-15)22-19(26)18-13-16(6-7-21-18)20(27)24-10-8-23(2)9-11-24/h3-7,12-13H,8-11H2,1-2H3,(H,22,26). The van der Waals surface area contributed by atoms with Gasteiger partial charge in [0.15, 0.2) is 5.78 Å². The van der Waals surface area contributed by atoms with Gasteiger partial charge in [0.1, 0.15) is 5.69 Å². The van der Waals surface area contributed by atoms with Crippen LogP contribution >= 0.6 is 0 Å². The number of hydrogen-bond acceptors (Lipinski definition) is 5. The summed E-state index contributed by atoms with van der Waals surface area (Å²) in [5.41, 5.74) is 1.62. The number of nitrogens with zero attached hydrogens (tertiary/aromatic N) is 3. The van der Waals surface area contributed by atoms with Gasteiger partial charge in [-0.2, -0.15) is 0 Å². The van der Waals surface area contributed by atoms with Crippen LogP contribution in [0.1, 0.15) is 38.1 Å². The highest BCUT2D eigenvalue weighted by Gasteiger charge is 2.21. The van der Waals surface area contributed by atoms with Crippen molar-refractivity contribution in [3.05, 3.63) is 59.4 Å². The summed E-state index contributed by atoms with van der Waals surface area (Å²) in [6.07, 6.45) is 1.46. The molecular weight excluding hydrogens is 344 g/mol. The van der Waals surface area contributed by atoms with Crippen LogP contribution in [0.5, 0.6) is 0 Å². The number of Topliss-reactive ketones (excluding diaryl/α,β-unsaturated/α-hetero) is 1. The number of carbonyl (C=O) groups excluding carboxylic acids is 3. The van der Waals surface area contributed by atoms with Crippen LogP contribution < -0.4 is 5.32 Å². The highest BCUT2D eigenvalue weighted by Crippen LogP contribution is 2.14. The number of anilines is 1. The largest absolute Gasteiger partial charge is 0.336 e. The lowest BCUT2D eigenvalue weighted by molar-refractivity contribution is 0.0664. The van der Waals surface area contributed by atoms with Gasteiger partial charge >= 0.3 is 0 Å². The molecule has 140 valence electrons. The molecule has 1 aliphatic rings. The normalized spacial score (nSPS) is 14.7. The molecule has 7 heteroatoms. The first-order valence-corrected chi connectivity index (χ1v) is 8.80. The second kappa shape index (κ2) is 8.09. The van der Waals surface area contributed by atoms with E-state index >= 15 is 0 Å². The maximum Gasteiger partial charge on any atom is 0.274 e. The van der Waals surface area contributed by atoms with Crippen molar-refractivity contribution in [1.82, 2.24) is 14.8 Å². The van der Waals surface area contributed by atoms with E-state index in [9.17, 15) is 14.4 Å². The molecule has 2 aromatic rings. The molecule has 1 fully saturated rings. The zero-order valence-corrected chi connectivity index (χ0v) is 15.4. The van der Waals surface area contributed by atoms with Crippen molar-refractivity contribution in [2.24, 2.45) is 0 Å². The maximum absolute atomic E-state index is 12.7. The summed E-state index contributed by atoms with van der Waals surface area (Å²) in [5.74, 6) is -0.606. The minimum atomic E-state index is -0.427. The van der Waals surface area contributed by atoms with E-state index in [2.05, 4.69) is 15.2 Å². The quantitative estimate of drug-likeness (QED) is 0.836. The molecule has 0 spiro atoms. The third kappa shape index (κ3) is 4.57. The Morgan fingerprint density at radius 1 is 1.00 bits per heavy atom. The van der Waals surface area contributed by atoms with Gasteiger partial charge in [-0.1, -0.05) is 12.1 Å². The van der Waals surface area contributed by atoms with E-state index < -0.39 is 5.91 Å². The fraction of sp³-hybridized carbons (Fsp3) is 0.300. The minimum absolute atomic E-state index is 0.0796. The van der Waals surface area contributed by atoms with Crippen LogP contribution in [0, 0.1) is 0 Å². The fourth-order valence-corrected chi connectivity index (χ4v) is 2.89. The Bertz CT molecular complexity index is 873. The second-order valence-electron chi connectivity index (χ2n) is 6.62. The van der Waals surface area contributed by atoms with E-state index in [1.54, 1.807) is 35.2 Å². The number of piperazine rings is 1. The van der Waals surface area contributed by atoms with Gasteiger partial charge in [-0.3, -0.25) is 19.4 Å². The molecule has 0 unspecified atom stereocenters. The molecule has 1 N–H and O–H groups in total. The van der Waals surface area contributed by atoms with Gasteiger partial charge in [0.05, 0.1) is 0 Å². The topological polar surface area (TPSA) is 82.6 Å². The summed E-state index contributed by atoms with van der Waals surface area (Å²) in [7, 11) is 2.03. The predicted octanol–water partition coefficient (Wildman–Crippen LogP) is 1.92. The summed E-state index contributed by atoms with van der Waals surface area (Å²) in [6.45, 7) is 4.46. The molecular formula is C20H22N4O3. The molecule has 1 aromatic heterocycles. The van der Waals surface area contributed by atoms with Crippen LogP contribution in [0.2, 0.25) is 0 Å². The predicted molar refractivity (Wildman–Crippen MR) is 102 cm³/mol. The van der Waals surface area contributed by atoms with E-state index in [4.69, 9.17) is 0 Å². The van der Waals surface area contributed by atoms with Gasteiger partial charge in [-0.05, 0) is 38.2 Å². The molecule has 0 aliphatic carbocycles. The summed E-state index contributed by atoms with van der Waals surface area (Å²) in [5, 5.41) is 2.72. The highest BCUT2D eigenvalue weighted by molar-refractivity contribution is 6.05. The number of likely N-dealkylation sites (N-methyl/N-ethyl adjacent to an activating group) is 1. The molecule has 7 nitrogen and oxygen atoms in total. The number of carbonyl (C=O) groups is 3. The second-order valence-corrected chi connectivity index (χ2v) is 6.62. The van der Waals surface area contributed by atoms with Gasteiger partial charge in [0, 0.05) is 49.2 Å². The molecule has 2 amide bonds. The fourth-order valence-electron chi connectivity index (χ4n) is 2.89. The van der Waals surface area contributed by atoms with Crippen molar-refractivity contribution in [3.8, 4) is 0 Å². The Kier molecular flexibility index (Phi) is 5.61. The van der Waals surface area contributed by atoms with E-state index in [-0.39, 0.29) is 17.4 Å². The number of hydrogen-bond donors (Lipinski definition) is 1. The Morgan fingerprint density at radius 3 is 2.44 bits per heavy atom. The van der Waals surface area contributed by atoms with Crippen LogP contribution in [0.4, 0.5) is 5.69 Å². The number of pyridine rings is 1. The third-order valence-corrected chi connectivity index (χ3v) is 4.56. The maximum atomic E-state index is 12.7. The molecule has 0 saturated carbocycles. The average molecular weight is 366 g/mol. The van der Waals surface area contributed by atoms with Crippen molar-refractivity contribution in [2.45, 2.75) is 6.92 Å².